The number of halogens is 1. The van der Waals surface area contributed by atoms with Gasteiger partial charge < -0.3 is 9.84 Å². The van der Waals surface area contributed by atoms with Crippen LogP contribution >= 0.6 is 15.9 Å². The van der Waals surface area contributed by atoms with E-state index in [-0.39, 0.29) is 0 Å². The molecule has 0 aliphatic carbocycles. The van der Waals surface area contributed by atoms with Gasteiger partial charge in [0.15, 0.2) is 0 Å². The van der Waals surface area contributed by atoms with Crippen molar-refractivity contribution in [3.05, 3.63) is 0 Å². The summed E-state index contributed by atoms with van der Waals surface area (Å²) in [5.74, 6) is -2.27. The molecule has 0 aromatic heterocycles. The zero-order valence-corrected chi connectivity index (χ0v) is 7.79. The first-order chi connectivity index (χ1) is 5.00. The maximum Gasteiger partial charge on any atom is 0.318 e. The second-order valence-electron chi connectivity index (χ2n) is 2.05. The molecule has 0 heterocycles. The standard InChI is InChI=1S/C6H9BrO4/c1-3(6(10)11-2)4(7)5(8)9/h3-4H,1-2H3,(H,8,9)/t3-,4+/m1/s1. The minimum atomic E-state index is -1.07. The zero-order chi connectivity index (χ0) is 9.02. The zero-order valence-electron chi connectivity index (χ0n) is 6.20. The van der Waals surface area contributed by atoms with Crippen molar-refractivity contribution in [1.82, 2.24) is 0 Å². The molecule has 4 nitrogen and oxygen atoms in total. The number of carbonyl (C=O) groups is 2. The van der Waals surface area contributed by atoms with E-state index in [0.717, 1.165) is 0 Å². The summed E-state index contributed by atoms with van der Waals surface area (Å²) >= 11 is 2.85. The van der Waals surface area contributed by atoms with Crippen molar-refractivity contribution in [1.29, 1.82) is 0 Å². The molecule has 0 aliphatic rings. The molecule has 0 rings (SSSR count). The SMILES string of the molecule is COC(=O)[C@H](C)[C@H](Br)C(=O)O. The largest absolute Gasteiger partial charge is 0.480 e. The molecule has 0 aromatic rings. The molecule has 0 saturated carbocycles. The van der Waals surface area contributed by atoms with E-state index in [0.29, 0.717) is 0 Å². The number of rotatable bonds is 3. The third-order valence-corrected chi connectivity index (χ3v) is 2.43. The van der Waals surface area contributed by atoms with Gasteiger partial charge in [-0.15, -0.1) is 0 Å². The Balaban J connectivity index is 4.12. The van der Waals surface area contributed by atoms with Crippen molar-refractivity contribution < 1.29 is 19.4 Å². The first-order valence-corrected chi connectivity index (χ1v) is 3.87. The fourth-order valence-corrected chi connectivity index (χ4v) is 0.735. The Morgan fingerprint density at radius 3 is 2.27 bits per heavy atom. The number of carbonyl (C=O) groups excluding carboxylic acids is 1. The van der Waals surface area contributed by atoms with Crippen LogP contribution in [0.2, 0.25) is 0 Å². The fraction of sp³-hybridized carbons (Fsp3) is 0.667. The highest BCUT2D eigenvalue weighted by atomic mass is 79.9. The molecule has 0 radical (unpaired) electrons. The third-order valence-electron chi connectivity index (χ3n) is 1.25. The molecule has 0 bridgehead atoms. The van der Waals surface area contributed by atoms with Crippen molar-refractivity contribution in [2.24, 2.45) is 5.92 Å². The monoisotopic (exact) mass is 224 g/mol. The van der Waals surface area contributed by atoms with Crippen LogP contribution in [0.5, 0.6) is 0 Å². The summed E-state index contributed by atoms with van der Waals surface area (Å²) in [7, 11) is 1.22. The highest BCUT2D eigenvalue weighted by Crippen LogP contribution is 2.13. The maximum absolute atomic E-state index is 10.7. The summed E-state index contributed by atoms with van der Waals surface area (Å²) < 4.78 is 4.35. The number of hydrogen-bond donors (Lipinski definition) is 1. The molecule has 1 N–H and O–H groups in total. The van der Waals surface area contributed by atoms with Gasteiger partial charge in [0.05, 0.1) is 13.0 Å². The van der Waals surface area contributed by atoms with Gasteiger partial charge >= 0.3 is 11.9 Å². The highest BCUT2D eigenvalue weighted by Gasteiger charge is 2.27. The maximum atomic E-state index is 10.7. The lowest BCUT2D eigenvalue weighted by Gasteiger charge is -2.10. The molecular formula is C6H9BrO4. The predicted molar refractivity (Wildman–Crippen MR) is 41.5 cm³/mol. The van der Waals surface area contributed by atoms with E-state index in [1.165, 1.54) is 14.0 Å². The number of esters is 1. The van der Waals surface area contributed by atoms with Gasteiger partial charge in [0.25, 0.3) is 0 Å². The molecule has 11 heavy (non-hydrogen) atoms. The van der Waals surface area contributed by atoms with E-state index in [2.05, 4.69) is 20.7 Å². The summed E-state index contributed by atoms with van der Waals surface area (Å²) in [5.41, 5.74) is 0. The Bertz CT molecular complexity index is 168. The first kappa shape index (κ1) is 10.4. The Hall–Kier alpha value is -0.580. The van der Waals surface area contributed by atoms with Crippen molar-refractivity contribution in [2.45, 2.75) is 11.8 Å². The van der Waals surface area contributed by atoms with Crippen LogP contribution in [0.3, 0.4) is 0 Å². The first-order valence-electron chi connectivity index (χ1n) is 2.95. The summed E-state index contributed by atoms with van der Waals surface area (Å²) in [6.45, 7) is 1.49. The molecular weight excluding hydrogens is 216 g/mol. The Morgan fingerprint density at radius 2 is 2.00 bits per heavy atom. The number of carboxylic acid groups (broad SMARTS) is 1. The summed E-state index contributed by atoms with van der Waals surface area (Å²) in [5, 5.41) is 8.44. The van der Waals surface area contributed by atoms with Crippen LogP contribution in [-0.4, -0.2) is 29.0 Å². The van der Waals surface area contributed by atoms with Crippen LogP contribution in [-0.2, 0) is 14.3 Å². The smallest absolute Gasteiger partial charge is 0.318 e. The topological polar surface area (TPSA) is 63.6 Å². The van der Waals surface area contributed by atoms with Crippen molar-refractivity contribution in [2.75, 3.05) is 7.11 Å². The normalized spacial score (nSPS) is 15.2. The number of aliphatic carboxylic acids is 1. The van der Waals surface area contributed by atoms with Crippen LogP contribution in [0.1, 0.15) is 6.92 Å². The summed E-state index contributed by atoms with van der Waals surface area (Å²) in [6, 6.07) is 0. The Kier molecular flexibility index (Phi) is 4.10. The van der Waals surface area contributed by atoms with Gasteiger partial charge in [-0.05, 0) is 0 Å². The van der Waals surface area contributed by atoms with Crippen molar-refractivity contribution in [3.8, 4) is 0 Å². The molecule has 2 atom stereocenters. The van der Waals surface area contributed by atoms with Gasteiger partial charge in [0.1, 0.15) is 4.83 Å². The molecule has 0 unspecified atom stereocenters. The third kappa shape index (κ3) is 2.88. The van der Waals surface area contributed by atoms with E-state index >= 15 is 0 Å². The number of methoxy groups -OCH3 is 1. The predicted octanol–water partition coefficient (Wildman–Crippen LogP) is 0.644. The van der Waals surface area contributed by atoms with Gasteiger partial charge in [-0.1, -0.05) is 22.9 Å². The lowest BCUT2D eigenvalue weighted by molar-refractivity contribution is -0.149. The molecule has 5 heteroatoms. The highest BCUT2D eigenvalue weighted by molar-refractivity contribution is 9.10. The average Bonchev–Trinajstić information content (AvgIpc) is 2.00. The number of carboxylic acids is 1. The van der Waals surface area contributed by atoms with Crippen LogP contribution < -0.4 is 0 Å². The second-order valence-corrected chi connectivity index (χ2v) is 3.04. The molecule has 64 valence electrons. The minimum Gasteiger partial charge on any atom is -0.480 e. The van der Waals surface area contributed by atoms with Gasteiger partial charge in [-0.2, -0.15) is 0 Å². The van der Waals surface area contributed by atoms with Crippen LogP contribution in [0.4, 0.5) is 0 Å². The molecule has 0 fully saturated rings. The van der Waals surface area contributed by atoms with Crippen molar-refractivity contribution >= 4 is 27.9 Å². The lowest BCUT2D eigenvalue weighted by Crippen LogP contribution is -2.28. The van der Waals surface area contributed by atoms with Gasteiger partial charge in [0.2, 0.25) is 0 Å². The fourth-order valence-electron chi connectivity index (χ4n) is 0.519. The summed E-state index contributed by atoms with van der Waals surface area (Å²) in [4.78, 5) is 20.2. The van der Waals surface area contributed by atoms with Gasteiger partial charge in [-0.3, -0.25) is 9.59 Å². The van der Waals surface area contributed by atoms with E-state index in [1.54, 1.807) is 0 Å². The number of hydrogen-bond acceptors (Lipinski definition) is 3. The molecule has 0 aliphatic heterocycles. The van der Waals surface area contributed by atoms with Gasteiger partial charge in [-0.25, -0.2) is 0 Å². The quantitative estimate of drug-likeness (QED) is 0.565. The second kappa shape index (κ2) is 4.33. The molecule has 0 saturated heterocycles. The average molecular weight is 225 g/mol. The van der Waals surface area contributed by atoms with Crippen LogP contribution in [0.15, 0.2) is 0 Å². The Labute approximate surface area is 72.7 Å². The number of ether oxygens (including phenoxy) is 1. The molecule has 0 spiro atoms. The summed E-state index contributed by atoms with van der Waals surface area (Å²) in [6.07, 6.45) is 0. The van der Waals surface area contributed by atoms with Crippen LogP contribution in [0, 0.1) is 5.92 Å². The van der Waals surface area contributed by atoms with E-state index in [1.807, 2.05) is 0 Å². The minimum absolute atomic E-state index is 0.533. The lowest BCUT2D eigenvalue weighted by atomic mass is 10.1. The van der Waals surface area contributed by atoms with Crippen LogP contribution in [0.25, 0.3) is 0 Å². The van der Waals surface area contributed by atoms with E-state index in [9.17, 15) is 9.59 Å². The molecule has 0 amide bonds. The number of alkyl halides is 1. The van der Waals surface area contributed by atoms with E-state index < -0.39 is 22.7 Å². The van der Waals surface area contributed by atoms with E-state index in [4.69, 9.17) is 5.11 Å². The Morgan fingerprint density at radius 1 is 1.55 bits per heavy atom. The molecule has 0 aromatic carbocycles. The van der Waals surface area contributed by atoms with Crippen molar-refractivity contribution in [3.63, 3.8) is 0 Å². The van der Waals surface area contributed by atoms with Gasteiger partial charge in [0, 0.05) is 0 Å².